The van der Waals surface area contributed by atoms with Crippen LogP contribution in [0.4, 0.5) is 0 Å². The van der Waals surface area contributed by atoms with Crippen LogP contribution in [0.15, 0.2) is 103 Å². The molecule has 0 saturated heterocycles. The number of amides is 1. The predicted octanol–water partition coefficient (Wildman–Crippen LogP) is 4.71. The highest BCUT2D eigenvalue weighted by Crippen LogP contribution is 2.16. The first-order valence-electron chi connectivity index (χ1n) is 9.27. The molecule has 3 aromatic carbocycles. The molecule has 4 nitrogen and oxygen atoms in total. The zero-order chi connectivity index (χ0) is 19.2. The van der Waals surface area contributed by atoms with E-state index in [9.17, 15) is 4.79 Å². The maximum atomic E-state index is 13.3. The van der Waals surface area contributed by atoms with Crippen LogP contribution in [0.5, 0.6) is 0 Å². The summed E-state index contributed by atoms with van der Waals surface area (Å²) in [6.07, 6.45) is 3.62. The topological polar surface area (TPSA) is 38.1 Å². The summed E-state index contributed by atoms with van der Waals surface area (Å²) in [7, 11) is 0. The van der Waals surface area contributed by atoms with E-state index in [0.29, 0.717) is 18.7 Å². The lowest BCUT2D eigenvalue weighted by Gasteiger charge is -2.23. The van der Waals surface area contributed by atoms with Gasteiger partial charge in [0, 0.05) is 31.0 Å². The molecule has 4 rings (SSSR count). The second-order valence-electron chi connectivity index (χ2n) is 6.63. The highest BCUT2D eigenvalue weighted by Gasteiger charge is 2.17. The number of carbonyl (C=O) groups is 1. The fourth-order valence-electron chi connectivity index (χ4n) is 3.17. The van der Waals surface area contributed by atoms with Crippen LogP contribution in [0.3, 0.4) is 0 Å². The Hall–Kier alpha value is -3.66. The Bertz CT molecular complexity index is 969. The van der Waals surface area contributed by atoms with Crippen molar-refractivity contribution in [3.8, 4) is 5.69 Å². The molecule has 0 fully saturated rings. The average Bonchev–Trinajstić information content (AvgIpc) is 3.29. The first-order chi connectivity index (χ1) is 13.8. The molecule has 1 aromatic heterocycles. The molecule has 0 spiro atoms. The summed E-state index contributed by atoms with van der Waals surface area (Å²) in [5.41, 5.74) is 3.82. The largest absolute Gasteiger partial charge is 0.330 e. The first kappa shape index (κ1) is 17.7. The van der Waals surface area contributed by atoms with E-state index < -0.39 is 0 Å². The van der Waals surface area contributed by atoms with E-state index in [2.05, 4.69) is 5.10 Å². The lowest BCUT2D eigenvalue weighted by molar-refractivity contribution is 0.0730. The van der Waals surface area contributed by atoms with Gasteiger partial charge < -0.3 is 4.90 Å². The smallest absolute Gasteiger partial charge is 0.254 e. The van der Waals surface area contributed by atoms with Crippen molar-refractivity contribution in [2.45, 2.75) is 13.1 Å². The Kier molecular flexibility index (Phi) is 5.29. The first-order valence-corrected chi connectivity index (χ1v) is 9.27. The van der Waals surface area contributed by atoms with Crippen LogP contribution < -0.4 is 0 Å². The molecular weight excluding hydrogens is 346 g/mol. The fraction of sp³-hybridized carbons (Fsp3) is 0.0833. The van der Waals surface area contributed by atoms with Crippen molar-refractivity contribution in [2.24, 2.45) is 0 Å². The molecule has 0 aliphatic heterocycles. The summed E-state index contributed by atoms with van der Waals surface area (Å²) >= 11 is 0. The molecule has 0 unspecified atom stereocenters. The molecule has 0 N–H and O–H groups in total. The van der Waals surface area contributed by atoms with Crippen molar-refractivity contribution < 1.29 is 4.79 Å². The van der Waals surface area contributed by atoms with Crippen LogP contribution in [-0.4, -0.2) is 20.6 Å². The highest BCUT2D eigenvalue weighted by atomic mass is 16.2. The molecule has 1 amide bonds. The second kappa shape index (κ2) is 8.35. The molecule has 138 valence electrons. The van der Waals surface area contributed by atoms with Gasteiger partial charge in [0.2, 0.25) is 0 Å². The van der Waals surface area contributed by atoms with Gasteiger partial charge in [-0.05, 0) is 41.5 Å². The van der Waals surface area contributed by atoms with Crippen molar-refractivity contribution >= 4 is 5.91 Å². The fourth-order valence-corrected chi connectivity index (χ4v) is 3.17. The quantitative estimate of drug-likeness (QED) is 0.495. The van der Waals surface area contributed by atoms with Gasteiger partial charge in [0.1, 0.15) is 0 Å². The number of nitrogens with zero attached hydrogens (tertiary/aromatic N) is 3. The predicted molar refractivity (Wildman–Crippen MR) is 110 cm³/mol. The van der Waals surface area contributed by atoms with Crippen LogP contribution in [0.2, 0.25) is 0 Å². The average molecular weight is 367 g/mol. The summed E-state index contributed by atoms with van der Waals surface area (Å²) in [5, 5.41) is 4.23. The Morgan fingerprint density at radius 2 is 1.32 bits per heavy atom. The molecule has 4 aromatic rings. The molecule has 0 saturated carbocycles. The van der Waals surface area contributed by atoms with Gasteiger partial charge in [-0.2, -0.15) is 5.10 Å². The summed E-state index contributed by atoms with van der Waals surface area (Å²) in [6.45, 7) is 1.13. The van der Waals surface area contributed by atoms with Gasteiger partial charge in [-0.3, -0.25) is 4.79 Å². The van der Waals surface area contributed by atoms with Gasteiger partial charge in [0.05, 0.1) is 5.69 Å². The Balaban J connectivity index is 1.58. The van der Waals surface area contributed by atoms with Crippen molar-refractivity contribution in [1.82, 2.24) is 14.7 Å². The van der Waals surface area contributed by atoms with Crippen LogP contribution in [-0.2, 0) is 13.1 Å². The normalized spacial score (nSPS) is 10.6. The molecular formula is C24H21N3O. The number of hydrogen-bond acceptors (Lipinski definition) is 2. The number of rotatable bonds is 6. The van der Waals surface area contributed by atoms with Crippen LogP contribution >= 0.6 is 0 Å². The van der Waals surface area contributed by atoms with E-state index >= 15 is 0 Å². The molecule has 0 atom stereocenters. The van der Waals surface area contributed by atoms with Gasteiger partial charge in [0.25, 0.3) is 5.91 Å². The third-order valence-corrected chi connectivity index (χ3v) is 4.60. The maximum absolute atomic E-state index is 13.3. The Morgan fingerprint density at radius 3 is 1.82 bits per heavy atom. The van der Waals surface area contributed by atoms with E-state index in [0.717, 1.165) is 16.8 Å². The van der Waals surface area contributed by atoms with E-state index in [1.54, 1.807) is 10.9 Å². The molecule has 0 bridgehead atoms. The summed E-state index contributed by atoms with van der Waals surface area (Å²) in [5.74, 6) is 0.0136. The number of carbonyl (C=O) groups excluding carboxylic acids is 1. The third-order valence-electron chi connectivity index (χ3n) is 4.60. The Morgan fingerprint density at radius 1 is 0.750 bits per heavy atom. The van der Waals surface area contributed by atoms with E-state index in [1.165, 1.54) is 0 Å². The van der Waals surface area contributed by atoms with Gasteiger partial charge in [-0.25, -0.2) is 4.68 Å². The van der Waals surface area contributed by atoms with Crippen LogP contribution in [0.25, 0.3) is 5.69 Å². The van der Waals surface area contributed by atoms with Crippen LogP contribution in [0, 0.1) is 0 Å². The standard InChI is InChI=1S/C24H21N3O/c28-24(22-12-14-23(15-13-22)27-17-7-16-25-27)26(18-20-8-3-1-4-9-20)19-21-10-5-2-6-11-21/h1-17H,18-19H2. The lowest BCUT2D eigenvalue weighted by Crippen LogP contribution is -2.30. The lowest BCUT2D eigenvalue weighted by atomic mass is 10.1. The molecule has 0 aliphatic carbocycles. The van der Waals surface area contributed by atoms with E-state index in [1.807, 2.05) is 102 Å². The van der Waals surface area contributed by atoms with Crippen molar-refractivity contribution in [1.29, 1.82) is 0 Å². The molecule has 1 heterocycles. The summed E-state index contributed by atoms with van der Waals surface area (Å²) in [6, 6.07) is 29.6. The van der Waals surface area contributed by atoms with Crippen LogP contribution in [0.1, 0.15) is 21.5 Å². The maximum Gasteiger partial charge on any atom is 0.254 e. The minimum Gasteiger partial charge on any atom is -0.330 e. The number of benzene rings is 3. The summed E-state index contributed by atoms with van der Waals surface area (Å²) in [4.78, 5) is 15.1. The second-order valence-corrected chi connectivity index (χ2v) is 6.63. The molecule has 0 radical (unpaired) electrons. The SMILES string of the molecule is O=C(c1ccc(-n2cccn2)cc1)N(Cc1ccccc1)Cc1ccccc1. The van der Waals surface area contributed by atoms with E-state index in [4.69, 9.17) is 0 Å². The number of aromatic nitrogens is 2. The zero-order valence-electron chi connectivity index (χ0n) is 15.5. The van der Waals surface area contributed by atoms with E-state index in [-0.39, 0.29) is 5.91 Å². The summed E-state index contributed by atoms with van der Waals surface area (Å²) < 4.78 is 1.78. The highest BCUT2D eigenvalue weighted by molar-refractivity contribution is 5.94. The molecule has 4 heteroatoms. The number of hydrogen-bond donors (Lipinski definition) is 0. The van der Waals surface area contributed by atoms with Crippen molar-refractivity contribution in [2.75, 3.05) is 0 Å². The molecule has 28 heavy (non-hydrogen) atoms. The zero-order valence-corrected chi connectivity index (χ0v) is 15.5. The Labute approximate surface area is 164 Å². The van der Waals surface area contributed by atoms with Gasteiger partial charge in [-0.1, -0.05) is 60.7 Å². The van der Waals surface area contributed by atoms with Gasteiger partial charge in [-0.15, -0.1) is 0 Å². The van der Waals surface area contributed by atoms with Gasteiger partial charge in [0.15, 0.2) is 0 Å². The van der Waals surface area contributed by atoms with Crippen molar-refractivity contribution in [3.05, 3.63) is 120 Å². The minimum absolute atomic E-state index is 0.0136. The van der Waals surface area contributed by atoms with Gasteiger partial charge >= 0.3 is 0 Å². The monoisotopic (exact) mass is 367 g/mol. The van der Waals surface area contributed by atoms with Crippen molar-refractivity contribution in [3.63, 3.8) is 0 Å². The molecule has 0 aliphatic rings. The minimum atomic E-state index is 0.0136. The third kappa shape index (κ3) is 4.18.